The van der Waals surface area contributed by atoms with E-state index in [1.165, 1.54) is 11.6 Å². The lowest BCUT2D eigenvalue weighted by Gasteiger charge is -2.08. The predicted octanol–water partition coefficient (Wildman–Crippen LogP) is -0.286. The summed E-state index contributed by atoms with van der Waals surface area (Å²) in [7, 11) is 7.15. The van der Waals surface area contributed by atoms with E-state index in [2.05, 4.69) is 20.2 Å². The molecule has 2 heterocycles. The van der Waals surface area contributed by atoms with Gasteiger partial charge in [0.05, 0.1) is 0 Å². The number of hydrogen-bond acceptors (Lipinski definition) is 5. The van der Waals surface area contributed by atoms with Crippen LogP contribution in [0.15, 0.2) is 9.59 Å². The van der Waals surface area contributed by atoms with Gasteiger partial charge in [0.25, 0.3) is 5.56 Å². The zero-order valence-electron chi connectivity index (χ0n) is 12.9. The molecule has 0 unspecified atom stereocenters. The third kappa shape index (κ3) is 3.15. The molecule has 0 radical (unpaired) electrons. The average Bonchev–Trinajstić information content (AvgIpc) is 2.86. The number of hydrogen-bond donors (Lipinski definition) is 2. The van der Waals surface area contributed by atoms with Gasteiger partial charge in [-0.15, -0.1) is 0 Å². The van der Waals surface area contributed by atoms with Crippen LogP contribution in [0.25, 0.3) is 11.2 Å². The highest BCUT2D eigenvalue weighted by Crippen LogP contribution is 2.08. The number of fused-ring (bicyclic) bond motifs is 1. The molecule has 0 aliphatic heterocycles. The number of aryl methyl sites for hydroxylation is 1. The average molecular weight is 294 g/mol. The summed E-state index contributed by atoms with van der Waals surface area (Å²) >= 11 is 0. The van der Waals surface area contributed by atoms with Gasteiger partial charge in [-0.1, -0.05) is 0 Å². The fourth-order valence-corrected chi connectivity index (χ4v) is 2.17. The molecule has 0 amide bonds. The molecular weight excluding hydrogens is 272 g/mol. The van der Waals surface area contributed by atoms with E-state index in [-0.39, 0.29) is 11.2 Å². The summed E-state index contributed by atoms with van der Waals surface area (Å²) < 4.78 is 2.44. The van der Waals surface area contributed by atoms with Crippen LogP contribution in [0, 0.1) is 0 Å². The Morgan fingerprint density at radius 2 is 1.90 bits per heavy atom. The molecule has 0 fully saturated rings. The van der Waals surface area contributed by atoms with Crippen molar-refractivity contribution < 1.29 is 0 Å². The van der Waals surface area contributed by atoms with E-state index in [9.17, 15) is 9.59 Å². The third-order valence-corrected chi connectivity index (χ3v) is 3.42. The first kappa shape index (κ1) is 15.3. The van der Waals surface area contributed by atoms with E-state index in [1.807, 2.05) is 14.1 Å². The van der Waals surface area contributed by atoms with E-state index in [0.717, 1.165) is 30.5 Å². The molecule has 21 heavy (non-hydrogen) atoms. The Labute approximate surface area is 122 Å². The molecular formula is C13H22N6O2. The van der Waals surface area contributed by atoms with E-state index >= 15 is 0 Å². The first-order valence-corrected chi connectivity index (χ1v) is 6.96. The van der Waals surface area contributed by atoms with Crippen LogP contribution in [0.4, 0.5) is 5.95 Å². The van der Waals surface area contributed by atoms with Crippen molar-refractivity contribution >= 4 is 17.1 Å². The molecule has 0 bridgehead atoms. The van der Waals surface area contributed by atoms with Crippen LogP contribution >= 0.6 is 0 Å². The van der Waals surface area contributed by atoms with E-state index < -0.39 is 0 Å². The Kier molecular flexibility index (Phi) is 4.46. The van der Waals surface area contributed by atoms with Crippen LogP contribution in [0.2, 0.25) is 0 Å². The summed E-state index contributed by atoms with van der Waals surface area (Å²) in [6.07, 6.45) is 2.09. The van der Waals surface area contributed by atoms with Gasteiger partial charge in [-0.25, -0.2) is 4.79 Å². The van der Waals surface area contributed by atoms with Crippen molar-refractivity contribution in [2.75, 3.05) is 32.5 Å². The highest BCUT2D eigenvalue weighted by atomic mass is 16.2. The van der Waals surface area contributed by atoms with Crippen molar-refractivity contribution in [1.29, 1.82) is 0 Å². The van der Waals surface area contributed by atoms with Crippen LogP contribution in [-0.4, -0.2) is 51.2 Å². The van der Waals surface area contributed by atoms with Gasteiger partial charge in [0, 0.05) is 20.6 Å². The van der Waals surface area contributed by atoms with Crippen molar-refractivity contribution in [2.24, 2.45) is 14.1 Å². The maximum atomic E-state index is 12.0. The Morgan fingerprint density at radius 1 is 1.19 bits per heavy atom. The molecule has 0 aliphatic rings. The lowest BCUT2D eigenvalue weighted by molar-refractivity contribution is 0.396. The largest absolute Gasteiger partial charge is 0.356 e. The molecule has 8 heteroatoms. The van der Waals surface area contributed by atoms with E-state index in [1.54, 1.807) is 7.05 Å². The molecule has 0 aliphatic carbocycles. The van der Waals surface area contributed by atoms with Crippen LogP contribution in [0.1, 0.15) is 12.8 Å². The normalized spacial score (nSPS) is 11.5. The quantitative estimate of drug-likeness (QED) is 0.715. The Morgan fingerprint density at radius 3 is 2.57 bits per heavy atom. The molecule has 2 aromatic heterocycles. The zero-order valence-corrected chi connectivity index (χ0v) is 12.9. The van der Waals surface area contributed by atoms with Crippen molar-refractivity contribution in [1.82, 2.24) is 24.0 Å². The van der Waals surface area contributed by atoms with Gasteiger partial charge in [-0.3, -0.25) is 13.9 Å². The van der Waals surface area contributed by atoms with Crippen molar-refractivity contribution in [3.8, 4) is 0 Å². The topological polar surface area (TPSA) is 88.0 Å². The molecule has 2 aromatic rings. The molecule has 0 saturated carbocycles. The number of imidazole rings is 1. The number of nitrogens with one attached hydrogen (secondary N) is 2. The summed E-state index contributed by atoms with van der Waals surface area (Å²) in [4.78, 5) is 33.2. The molecule has 2 N–H and O–H groups in total. The minimum absolute atomic E-state index is 0.343. The van der Waals surface area contributed by atoms with Crippen LogP contribution in [-0.2, 0) is 14.1 Å². The van der Waals surface area contributed by atoms with Gasteiger partial charge in [0.2, 0.25) is 5.95 Å². The van der Waals surface area contributed by atoms with E-state index in [4.69, 9.17) is 0 Å². The number of nitrogens with zero attached hydrogens (tertiary/aromatic N) is 4. The fraction of sp³-hybridized carbons (Fsp3) is 0.615. The van der Waals surface area contributed by atoms with Gasteiger partial charge in [-0.2, -0.15) is 4.98 Å². The highest BCUT2D eigenvalue weighted by Gasteiger charge is 2.12. The van der Waals surface area contributed by atoms with Gasteiger partial charge in [-0.05, 0) is 33.5 Å². The minimum Gasteiger partial charge on any atom is -0.356 e. The lowest BCUT2D eigenvalue weighted by Crippen LogP contribution is -2.36. The first-order valence-electron chi connectivity index (χ1n) is 6.96. The second kappa shape index (κ2) is 6.13. The van der Waals surface area contributed by atoms with Crippen LogP contribution in [0.3, 0.4) is 0 Å². The van der Waals surface area contributed by atoms with Crippen molar-refractivity contribution in [3.05, 3.63) is 20.8 Å². The van der Waals surface area contributed by atoms with Gasteiger partial charge < -0.3 is 15.2 Å². The van der Waals surface area contributed by atoms with Crippen LogP contribution in [0.5, 0.6) is 0 Å². The molecule has 0 saturated heterocycles. The molecule has 8 nitrogen and oxygen atoms in total. The first-order chi connectivity index (χ1) is 9.91. The Balaban J connectivity index is 2.13. The zero-order chi connectivity index (χ0) is 15.6. The second-order valence-corrected chi connectivity index (χ2v) is 5.43. The van der Waals surface area contributed by atoms with Crippen LogP contribution < -0.4 is 16.6 Å². The summed E-state index contributed by atoms with van der Waals surface area (Å²) in [5.74, 6) is 0.521. The number of H-pyrrole nitrogens is 1. The van der Waals surface area contributed by atoms with Gasteiger partial charge in [0.1, 0.15) is 0 Å². The standard InChI is InChI=1S/C13H22N6O2/c1-17(2)8-6-5-7-14-12-15-9-10(16-12)18(3)13(21)19(4)11(9)20/h5-8H2,1-4H3,(H2,14,15,16). The maximum Gasteiger partial charge on any atom is 0.332 e. The molecule has 2 rings (SSSR count). The lowest BCUT2D eigenvalue weighted by atomic mass is 10.3. The maximum absolute atomic E-state index is 12.0. The number of anilines is 1. The third-order valence-electron chi connectivity index (χ3n) is 3.42. The van der Waals surface area contributed by atoms with Crippen molar-refractivity contribution in [2.45, 2.75) is 12.8 Å². The molecule has 116 valence electrons. The van der Waals surface area contributed by atoms with E-state index in [0.29, 0.717) is 17.1 Å². The molecule has 0 spiro atoms. The number of aromatic amines is 1. The number of rotatable bonds is 6. The summed E-state index contributed by atoms with van der Waals surface area (Å²) in [5, 5.41) is 3.15. The predicted molar refractivity (Wildman–Crippen MR) is 82.9 cm³/mol. The number of aromatic nitrogens is 4. The minimum atomic E-state index is -0.378. The van der Waals surface area contributed by atoms with Gasteiger partial charge >= 0.3 is 5.69 Å². The summed E-state index contributed by atoms with van der Waals surface area (Å²) in [6.45, 7) is 1.80. The summed E-state index contributed by atoms with van der Waals surface area (Å²) in [6, 6.07) is 0. The Bertz CT molecular complexity index is 739. The smallest absolute Gasteiger partial charge is 0.332 e. The number of unbranched alkanes of at least 4 members (excludes halogenated alkanes) is 1. The Hall–Kier alpha value is -2.09. The highest BCUT2D eigenvalue weighted by molar-refractivity contribution is 5.72. The fourth-order valence-electron chi connectivity index (χ4n) is 2.17. The summed E-state index contributed by atoms with van der Waals surface area (Å²) in [5.41, 5.74) is -0.0212. The second-order valence-electron chi connectivity index (χ2n) is 5.43. The van der Waals surface area contributed by atoms with Gasteiger partial charge in [0.15, 0.2) is 11.2 Å². The molecule has 0 atom stereocenters. The monoisotopic (exact) mass is 294 g/mol. The van der Waals surface area contributed by atoms with Crippen molar-refractivity contribution in [3.63, 3.8) is 0 Å². The molecule has 0 aromatic carbocycles. The SMILES string of the molecule is CN(C)CCCCNc1nc2c([nH]1)c(=O)n(C)c(=O)n2C.